The number of aromatic nitrogens is 3. The summed E-state index contributed by atoms with van der Waals surface area (Å²) in [5, 5.41) is 7.64. The van der Waals surface area contributed by atoms with Gasteiger partial charge in [0.2, 0.25) is 5.95 Å². The Hall–Kier alpha value is -3.58. The van der Waals surface area contributed by atoms with E-state index >= 15 is 0 Å². The first-order chi connectivity index (χ1) is 16.6. The van der Waals surface area contributed by atoms with Crippen LogP contribution in [0.3, 0.4) is 0 Å². The number of nitrogens with one attached hydrogen (secondary N) is 2. The van der Waals surface area contributed by atoms with Crippen LogP contribution in [0.1, 0.15) is 62.3 Å². The van der Waals surface area contributed by atoms with Crippen molar-refractivity contribution in [1.82, 2.24) is 15.0 Å². The fourth-order valence-electron chi connectivity index (χ4n) is 4.51. The second-order valence-corrected chi connectivity index (χ2v) is 9.69. The van der Waals surface area contributed by atoms with Crippen molar-refractivity contribution in [3.63, 3.8) is 0 Å². The van der Waals surface area contributed by atoms with Gasteiger partial charge in [-0.25, -0.2) is 9.97 Å². The number of hydrogen-bond donors (Lipinski definition) is 2. The van der Waals surface area contributed by atoms with Crippen LogP contribution in [0.25, 0.3) is 0 Å². The van der Waals surface area contributed by atoms with Crippen LogP contribution < -0.4 is 10.6 Å². The highest BCUT2D eigenvalue weighted by Crippen LogP contribution is 2.44. The molecule has 2 N–H and O–H groups in total. The molecular formula is C27H27N5OS. The number of carbonyl (C=O) groups excluding carboxylic acids is 1. The van der Waals surface area contributed by atoms with Crippen LogP contribution in [-0.2, 0) is 12.8 Å². The predicted molar refractivity (Wildman–Crippen MR) is 137 cm³/mol. The Kier molecular flexibility index (Phi) is 6.36. The van der Waals surface area contributed by atoms with Crippen molar-refractivity contribution < 1.29 is 4.79 Å². The molecule has 172 valence electrons. The van der Waals surface area contributed by atoms with Gasteiger partial charge in [0, 0.05) is 33.6 Å². The third kappa shape index (κ3) is 4.70. The Morgan fingerprint density at radius 3 is 2.44 bits per heavy atom. The normalized spacial score (nSPS) is 13.7. The van der Waals surface area contributed by atoms with Crippen LogP contribution in [0, 0.1) is 13.8 Å². The van der Waals surface area contributed by atoms with E-state index < -0.39 is 0 Å². The first-order valence-electron chi connectivity index (χ1n) is 11.6. The van der Waals surface area contributed by atoms with Gasteiger partial charge in [0.05, 0.1) is 11.7 Å². The maximum absolute atomic E-state index is 13.1. The maximum atomic E-state index is 13.1. The number of pyridine rings is 1. The smallest absolute Gasteiger partial charge is 0.256 e. The van der Waals surface area contributed by atoms with Gasteiger partial charge in [0.15, 0.2) is 0 Å². The number of hydrogen-bond acceptors (Lipinski definition) is 6. The van der Waals surface area contributed by atoms with Crippen LogP contribution in [0.5, 0.6) is 0 Å². The predicted octanol–water partition coefficient (Wildman–Crippen LogP) is 5.88. The first-order valence-corrected chi connectivity index (χ1v) is 12.4. The summed E-state index contributed by atoms with van der Waals surface area (Å²) in [7, 11) is 0. The molecule has 1 amide bonds. The van der Waals surface area contributed by atoms with Gasteiger partial charge in [-0.1, -0.05) is 24.3 Å². The minimum atomic E-state index is -0.286. The van der Waals surface area contributed by atoms with E-state index in [0.717, 1.165) is 46.9 Å². The van der Waals surface area contributed by atoms with E-state index in [1.165, 1.54) is 16.9 Å². The molecule has 0 spiro atoms. The van der Waals surface area contributed by atoms with Gasteiger partial charge >= 0.3 is 0 Å². The van der Waals surface area contributed by atoms with E-state index in [2.05, 4.69) is 25.6 Å². The van der Waals surface area contributed by atoms with E-state index in [-0.39, 0.29) is 11.9 Å². The van der Waals surface area contributed by atoms with Crippen LogP contribution in [0.15, 0.2) is 60.8 Å². The average Bonchev–Trinajstić information content (AvgIpc) is 3.20. The van der Waals surface area contributed by atoms with Gasteiger partial charge < -0.3 is 10.6 Å². The fraction of sp³-hybridized carbons (Fsp3) is 0.259. The molecule has 1 atom stereocenters. The number of thiophene rings is 1. The molecule has 0 bridgehead atoms. The first kappa shape index (κ1) is 22.2. The fourth-order valence-corrected chi connectivity index (χ4v) is 5.84. The standard InChI is InChI=1S/C27H27N5OS/c1-17-16-18(2)30-27(29-17)31-24(21-13-8-9-15-28-21)23-20-12-6-7-14-22(20)34-26(23)32-25(33)19-10-4-3-5-11-19/h3-5,8-11,13,15-16,24H,6-7,12,14H2,1-2H3,(H,32,33)(H,29,30,31). The molecule has 0 fully saturated rings. The second kappa shape index (κ2) is 9.73. The number of carbonyl (C=O) groups is 1. The van der Waals surface area contributed by atoms with Gasteiger partial charge in [-0.2, -0.15) is 0 Å². The van der Waals surface area contributed by atoms with E-state index in [9.17, 15) is 4.79 Å². The molecule has 5 rings (SSSR count). The highest BCUT2D eigenvalue weighted by atomic mass is 32.1. The summed E-state index contributed by atoms with van der Waals surface area (Å²) in [4.78, 5) is 28.4. The van der Waals surface area contributed by atoms with Crippen LogP contribution in [0.2, 0.25) is 0 Å². The lowest BCUT2D eigenvalue weighted by molar-refractivity contribution is 0.102. The van der Waals surface area contributed by atoms with Crippen molar-refractivity contribution in [3.05, 3.63) is 99.4 Å². The number of aryl methyl sites for hydroxylation is 3. The zero-order valence-corrected chi connectivity index (χ0v) is 20.2. The number of amides is 1. The molecule has 1 aromatic carbocycles. The summed E-state index contributed by atoms with van der Waals surface area (Å²) < 4.78 is 0. The summed E-state index contributed by atoms with van der Waals surface area (Å²) in [5.41, 5.74) is 5.70. The molecule has 4 aromatic rings. The summed E-state index contributed by atoms with van der Waals surface area (Å²) in [6.45, 7) is 3.93. The van der Waals surface area contributed by atoms with Crippen molar-refractivity contribution in [2.45, 2.75) is 45.6 Å². The lowest BCUT2D eigenvalue weighted by atomic mass is 9.91. The molecule has 3 heterocycles. The lowest BCUT2D eigenvalue weighted by Crippen LogP contribution is -2.20. The lowest BCUT2D eigenvalue weighted by Gasteiger charge is -2.23. The van der Waals surface area contributed by atoms with Crippen molar-refractivity contribution in [3.8, 4) is 0 Å². The topological polar surface area (TPSA) is 79.8 Å². The van der Waals surface area contributed by atoms with E-state index in [1.807, 2.05) is 68.4 Å². The molecule has 1 aliphatic carbocycles. The monoisotopic (exact) mass is 469 g/mol. The quantitative estimate of drug-likeness (QED) is 0.368. The van der Waals surface area contributed by atoms with E-state index in [0.29, 0.717) is 11.5 Å². The van der Waals surface area contributed by atoms with E-state index in [1.54, 1.807) is 17.5 Å². The molecule has 7 heteroatoms. The largest absolute Gasteiger partial charge is 0.342 e. The number of fused-ring (bicyclic) bond motifs is 1. The second-order valence-electron chi connectivity index (χ2n) is 8.58. The Bertz CT molecular complexity index is 1280. The molecular weight excluding hydrogens is 442 g/mol. The average molecular weight is 470 g/mol. The van der Waals surface area contributed by atoms with Crippen molar-refractivity contribution in [2.24, 2.45) is 0 Å². The highest BCUT2D eigenvalue weighted by molar-refractivity contribution is 7.16. The molecule has 0 saturated carbocycles. The summed E-state index contributed by atoms with van der Waals surface area (Å²) >= 11 is 1.68. The number of nitrogens with zero attached hydrogens (tertiary/aromatic N) is 3. The van der Waals surface area contributed by atoms with Gasteiger partial charge in [-0.05, 0) is 75.4 Å². The van der Waals surface area contributed by atoms with Crippen LogP contribution in [0.4, 0.5) is 10.9 Å². The number of benzene rings is 1. The summed E-state index contributed by atoms with van der Waals surface area (Å²) in [5.74, 6) is 0.451. The SMILES string of the molecule is Cc1cc(C)nc(NC(c2ccccn2)c2c(NC(=O)c3ccccc3)sc3c2CCCC3)n1. The highest BCUT2D eigenvalue weighted by Gasteiger charge is 2.30. The molecule has 0 radical (unpaired) electrons. The van der Waals surface area contributed by atoms with Crippen LogP contribution >= 0.6 is 11.3 Å². The van der Waals surface area contributed by atoms with Crippen molar-refractivity contribution in [1.29, 1.82) is 0 Å². The number of rotatable bonds is 6. The number of anilines is 2. The minimum Gasteiger partial charge on any atom is -0.342 e. The van der Waals surface area contributed by atoms with E-state index in [4.69, 9.17) is 0 Å². The summed E-state index contributed by atoms with van der Waals surface area (Å²) in [6, 6.07) is 16.9. The zero-order valence-electron chi connectivity index (χ0n) is 19.3. The Balaban J connectivity index is 1.61. The van der Waals surface area contributed by atoms with Gasteiger partial charge in [0.1, 0.15) is 5.00 Å². The van der Waals surface area contributed by atoms with Gasteiger partial charge in [-0.15, -0.1) is 11.3 Å². The third-order valence-electron chi connectivity index (χ3n) is 6.00. The van der Waals surface area contributed by atoms with Crippen molar-refractivity contribution in [2.75, 3.05) is 10.6 Å². The maximum Gasteiger partial charge on any atom is 0.256 e. The van der Waals surface area contributed by atoms with Gasteiger partial charge in [0.25, 0.3) is 5.91 Å². The molecule has 34 heavy (non-hydrogen) atoms. The Morgan fingerprint density at radius 2 is 1.71 bits per heavy atom. The molecule has 1 unspecified atom stereocenters. The van der Waals surface area contributed by atoms with Gasteiger partial charge in [-0.3, -0.25) is 9.78 Å². The molecule has 6 nitrogen and oxygen atoms in total. The third-order valence-corrected chi connectivity index (χ3v) is 7.23. The van der Waals surface area contributed by atoms with Crippen LogP contribution in [-0.4, -0.2) is 20.9 Å². The Labute approximate surface area is 203 Å². The minimum absolute atomic E-state index is 0.108. The zero-order chi connectivity index (χ0) is 23.5. The molecule has 0 saturated heterocycles. The molecule has 1 aliphatic rings. The molecule has 3 aromatic heterocycles. The van der Waals surface area contributed by atoms with Crippen molar-refractivity contribution >= 4 is 28.2 Å². The Morgan fingerprint density at radius 1 is 0.971 bits per heavy atom. The summed E-state index contributed by atoms with van der Waals surface area (Å²) in [6.07, 6.45) is 6.12. The molecule has 0 aliphatic heterocycles.